The molecule has 142 valence electrons. The number of carbonyl (C=O) groups is 2. The number of halogens is 3. The second kappa shape index (κ2) is 12.9. The first-order valence-electron chi connectivity index (χ1n) is 6.66. The largest absolute Gasteiger partial charge is 2.00 e. The van der Waals surface area contributed by atoms with Gasteiger partial charge in [0.25, 0.3) is 14.9 Å². The van der Waals surface area contributed by atoms with Crippen molar-refractivity contribution in [2.75, 3.05) is 13.1 Å². The zero-order valence-electron chi connectivity index (χ0n) is 13.4. The maximum Gasteiger partial charge on any atom is 2.00 e. The summed E-state index contributed by atoms with van der Waals surface area (Å²) in [5, 5.41) is 5.56. The summed E-state index contributed by atoms with van der Waals surface area (Å²) in [4.78, 5) is 23.6. The molecule has 1 aromatic rings. The summed E-state index contributed by atoms with van der Waals surface area (Å²) >= 11 is 35.5. The first kappa shape index (κ1) is 27.4. The van der Waals surface area contributed by atoms with Gasteiger partial charge >= 0.3 is 19.5 Å². The zero-order chi connectivity index (χ0) is 19.9. The van der Waals surface area contributed by atoms with E-state index in [4.69, 9.17) is 34.8 Å². The van der Waals surface area contributed by atoms with Gasteiger partial charge in [-0.3, -0.25) is 9.59 Å². The number of imide groups is 1. The Balaban J connectivity index is 0.000000539. The summed E-state index contributed by atoms with van der Waals surface area (Å²) in [6.07, 6.45) is 0. The van der Waals surface area contributed by atoms with Crippen LogP contribution in [-0.4, -0.2) is 41.0 Å². The van der Waals surface area contributed by atoms with Crippen LogP contribution in [0.25, 0.3) is 0 Å². The molecule has 0 fully saturated rings. The monoisotopic (exact) mass is 569 g/mol. The number of rotatable bonds is 4. The average Bonchev–Trinajstić information content (AvgIpc) is 2.76. The van der Waals surface area contributed by atoms with Crippen LogP contribution in [0.4, 0.5) is 0 Å². The van der Waals surface area contributed by atoms with E-state index in [0.717, 1.165) is 4.31 Å². The maximum absolute atomic E-state index is 11.8. The number of fused-ring (bicyclic) bond motifs is 1. The molecule has 2 rings (SSSR count). The SMILES string of the molecule is O=C1c2ccccc2C(=O)N1SC(Cl)(Cl)Cl.S=C([S-])NCCNC(=S)[S-].[Zn+2]. The van der Waals surface area contributed by atoms with E-state index in [0.29, 0.717) is 44.8 Å². The molecule has 0 radical (unpaired) electrons. The predicted octanol–water partition coefficient (Wildman–Crippen LogP) is 3.09. The minimum atomic E-state index is -1.74. The summed E-state index contributed by atoms with van der Waals surface area (Å²) in [7, 11) is 0. The van der Waals surface area contributed by atoms with E-state index in [1.807, 2.05) is 0 Å². The van der Waals surface area contributed by atoms with Crippen LogP contribution in [0.2, 0.25) is 0 Å². The number of hydrogen-bond acceptors (Lipinski definition) is 7. The number of benzene rings is 1. The number of nitrogens with one attached hydrogen (secondary N) is 2. The fourth-order valence-corrected chi connectivity index (χ4v) is 3.28. The van der Waals surface area contributed by atoms with Gasteiger partial charge in [0.05, 0.1) is 11.1 Å². The van der Waals surface area contributed by atoms with E-state index in [9.17, 15) is 9.59 Å². The quantitative estimate of drug-likeness (QED) is 0.108. The van der Waals surface area contributed by atoms with Crippen molar-refractivity contribution in [3.63, 3.8) is 0 Å². The third kappa shape index (κ3) is 10.1. The van der Waals surface area contributed by atoms with E-state index in [1.165, 1.54) is 0 Å². The van der Waals surface area contributed by atoms with Gasteiger partial charge in [-0.05, 0) is 12.1 Å². The second-order valence-corrected chi connectivity index (χ2v) is 10.7. The minimum Gasteiger partial charge on any atom is -0.412 e. The first-order valence-corrected chi connectivity index (χ1v) is 10.2. The van der Waals surface area contributed by atoms with Crippen molar-refractivity contribution in [3.05, 3.63) is 35.4 Å². The Morgan fingerprint density at radius 1 is 1.00 bits per heavy atom. The first-order chi connectivity index (χ1) is 12.0. The molecule has 1 aliphatic heterocycles. The molecule has 0 saturated heterocycles. The molecule has 1 aliphatic rings. The Kier molecular flexibility index (Phi) is 13.1. The summed E-state index contributed by atoms with van der Waals surface area (Å²) in [6.45, 7) is 1.33. The molecule has 14 heteroatoms. The molecule has 0 bridgehead atoms. The minimum absolute atomic E-state index is 0. The molecule has 2 amide bonds. The number of thiocarbonyl (C=S) groups is 2. The topological polar surface area (TPSA) is 61.4 Å². The van der Waals surface area contributed by atoms with Crippen LogP contribution in [0.1, 0.15) is 20.7 Å². The molecule has 1 aromatic carbocycles. The van der Waals surface area contributed by atoms with Gasteiger partial charge in [-0.15, -0.1) is 0 Å². The van der Waals surface area contributed by atoms with E-state index in [2.05, 4.69) is 60.3 Å². The van der Waals surface area contributed by atoms with E-state index in [-0.39, 0.29) is 19.5 Å². The summed E-state index contributed by atoms with van der Waals surface area (Å²) in [5.41, 5.74) is 0.656. The van der Waals surface area contributed by atoms with Crippen molar-refractivity contribution in [1.82, 2.24) is 14.9 Å². The zero-order valence-corrected chi connectivity index (χ0v) is 22.7. The van der Waals surface area contributed by atoms with Crippen molar-refractivity contribution >= 4 is 117 Å². The van der Waals surface area contributed by atoms with Gasteiger partial charge in [0.2, 0.25) is 0 Å². The normalized spacial score (nSPS) is 12.3. The molecule has 0 unspecified atom stereocenters. The van der Waals surface area contributed by atoms with Crippen LogP contribution >= 0.6 is 71.2 Å². The number of carbonyl (C=O) groups excluding carboxylic acids is 2. The Morgan fingerprint density at radius 3 is 1.67 bits per heavy atom. The predicted molar refractivity (Wildman–Crippen MR) is 121 cm³/mol. The van der Waals surface area contributed by atoms with Crippen LogP contribution < -0.4 is 10.6 Å². The van der Waals surface area contributed by atoms with Crippen LogP contribution in [0, 0.1) is 0 Å². The van der Waals surface area contributed by atoms with Crippen molar-refractivity contribution in [2.45, 2.75) is 3.12 Å². The molecule has 1 heterocycles. The molecule has 27 heavy (non-hydrogen) atoms. The molecule has 0 atom stereocenters. The van der Waals surface area contributed by atoms with Gasteiger partial charge in [0.15, 0.2) is 0 Å². The van der Waals surface area contributed by atoms with Crippen LogP contribution in [-0.2, 0) is 44.7 Å². The molecule has 0 aliphatic carbocycles. The number of hydrogen-bond donors (Lipinski definition) is 2. The van der Waals surface area contributed by atoms with Gasteiger partial charge in [-0.2, -0.15) is 0 Å². The second-order valence-electron chi connectivity index (χ2n) is 4.42. The summed E-state index contributed by atoms with van der Waals surface area (Å²) in [5.74, 6) is -0.922. The van der Waals surface area contributed by atoms with E-state index >= 15 is 0 Å². The average molecular weight is 572 g/mol. The van der Waals surface area contributed by atoms with E-state index in [1.54, 1.807) is 24.3 Å². The molecule has 0 aromatic heterocycles. The van der Waals surface area contributed by atoms with Crippen molar-refractivity contribution < 1.29 is 29.1 Å². The molecule has 0 spiro atoms. The molecule has 0 saturated carbocycles. The van der Waals surface area contributed by atoms with E-state index < -0.39 is 14.9 Å². The Labute approximate surface area is 210 Å². The molecular weight excluding hydrogens is 562 g/mol. The number of amides is 2. The van der Waals surface area contributed by atoms with Crippen molar-refractivity contribution in [3.8, 4) is 0 Å². The molecular formula is C13H10Cl3N3O2S5Zn. The summed E-state index contributed by atoms with van der Waals surface area (Å²) in [6, 6.07) is 6.48. The van der Waals surface area contributed by atoms with Gasteiger partial charge in [0, 0.05) is 25.0 Å². The van der Waals surface area contributed by atoms with Crippen LogP contribution in [0.15, 0.2) is 24.3 Å². The third-order valence-corrected chi connectivity index (χ3v) is 4.53. The Morgan fingerprint density at radius 2 is 1.37 bits per heavy atom. The Hall–Kier alpha value is 0.423. The van der Waals surface area contributed by atoms with Gasteiger partial charge in [-0.1, -0.05) is 55.6 Å². The fourth-order valence-electron chi connectivity index (χ4n) is 1.68. The smallest absolute Gasteiger partial charge is 0.412 e. The van der Waals surface area contributed by atoms with Crippen molar-refractivity contribution in [2.24, 2.45) is 0 Å². The number of nitrogens with zero attached hydrogens (tertiary/aromatic N) is 1. The standard InChI is InChI=1S/C9H4Cl3NO2S.C4H8N2S4.Zn/c10-9(11,12)16-13-7(14)5-3-1-2-4-6(5)8(13)15;7-3(8)5-1-2-6-4(9)10;/h1-4H;1-2H2,(H2,5,7,8)(H2,6,9,10);/q;;+2/p-2. The van der Waals surface area contributed by atoms with Crippen LogP contribution in [0.3, 0.4) is 0 Å². The van der Waals surface area contributed by atoms with Crippen LogP contribution in [0.5, 0.6) is 0 Å². The third-order valence-electron chi connectivity index (χ3n) is 2.62. The van der Waals surface area contributed by atoms with Gasteiger partial charge in [0.1, 0.15) is 0 Å². The number of alkyl halides is 3. The van der Waals surface area contributed by atoms with Gasteiger partial charge in [-0.25, -0.2) is 4.31 Å². The maximum atomic E-state index is 11.8. The Bertz CT molecular complexity index is 670. The molecule has 2 N–H and O–H groups in total. The molecule has 5 nitrogen and oxygen atoms in total. The van der Waals surface area contributed by atoms with Gasteiger partial charge < -0.3 is 60.3 Å². The van der Waals surface area contributed by atoms with Crippen molar-refractivity contribution in [1.29, 1.82) is 0 Å². The fraction of sp³-hybridized carbons (Fsp3) is 0.231. The summed E-state index contributed by atoms with van der Waals surface area (Å²) < 4.78 is -0.139.